The van der Waals surface area contributed by atoms with Crippen LogP contribution in [0.2, 0.25) is 0 Å². The van der Waals surface area contributed by atoms with Gasteiger partial charge in [-0.05, 0) is 37.0 Å². The molecule has 1 aromatic carbocycles. The van der Waals surface area contributed by atoms with Gasteiger partial charge in [0.25, 0.3) is 5.91 Å². The zero-order valence-electron chi connectivity index (χ0n) is 12.9. The molecular weight excluding hydrogens is 250 g/mol. The van der Waals surface area contributed by atoms with Crippen LogP contribution >= 0.6 is 0 Å². The Bertz CT molecular complexity index is 492. The summed E-state index contributed by atoms with van der Waals surface area (Å²) in [5, 5.41) is 0. The summed E-state index contributed by atoms with van der Waals surface area (Å²) in [5.41, 5.74) is 8.60. The summed E-state index contributed by atoms with van der Waals surface area (Å²) in [5.74, 6) is 0.586. The molecule has 0 spiro atoms. The van der Waals surface area contributed by atoms with Crippen molar-refractivity contribution in [3.05, 3.63) is 23.8 Å². The Morgan fingerprint density at radius 2 is 2.00 bits per heavy atom. The molecule has 2 rings (SSSR count). The van der Waals surface area contributed by atoms with Crippen LogP contribution in [0.25, 0.3) is 0 Å². The molecule has 20 heavy (non-hydrogen) atoms. The average Bonchev–Trinajstić information content (AvgIpc) is 3.19. The Hall–Kier alpha value is -1.71. The van der Waals surface area contributed by atoms with Crippen LogP contribution in [0.5, 0.6) is 0 Å². The van der Waals surface area contributed by atoms with Crippen molar-refractivity contribution < 1.29 is 4.79 Å². The van der Waals surface area contributed by atoms with E-state index in [9.17, 15) is 4.79 Å². The second kappa shape index (κ2) is 5.73. The van der Waals surface area contributed by atoms with Crippen molar-refractivity contribution in [2.75, 3.05) is 31.3 Å². The molecule has 2 N–H and O–H groups in total. The maximum absolute atomic E-state index is 12.0. The van der Waals surface area contributed by atoms with Gasteiger partial charge in [0, 0.05) is 32.2 Å². The standard InChI is InChI=1S/C16H25N3O/c1-11(2)10-19(13-6-7-13)15-8-5-12(9-14(15)17)16(20)18(3)4/h5,8-9,11,13H,6-7,10,17H2,1-4H3. The number of nitrogens with two attached hydrogens (primary N) is 1. The highest BCUT2D eigenvalue weighted by Crippen LogP contribution is 2.35. The van der Waals surface area contributed by atoms with Crippen LogP contribution in [0.3, 0.4) is 0 Å². The van der Waals surface area contributed by atoms with E-state index in [0.29, 0.717) is 23.2 Å². The lowest BCUT2D eigenvalue weighted by molar-refractivity contribution is 0.0827. The quantitative estimate of drug-likeness (QED) is 0.840. The Labute approximate surface area is 121 Å². The van der Waals surface area contributed by atoms with Crippen molar-refractivity contribution in [3.8, 4) is 0 Å². The smallest absolute Gasteiger partial charge is 0.253 e. The third kappa shape index (κ3) is 3.24. The van der Waals surface area contributed by atoms with Crippen molar-refractivity contribution in [2.45, 2.75) is 32.7 Å². The molecule has 0 bridgehead atoms. The summed E-state index contributed by atoms with van der Waals surface area (Å²) in [6, 6.07) is 6.29. The van der Waals surface area contributed by atoms with Crippen LogP contribution in [0, 0.1) is 5.92 Å². The van der Waals surface area contributed by atoms with Crippen molar-refractivity contribution >= 4 is 17.3 Å². The van der Waals surface area contributed by atoms with Gasteiger partial charge in [0.2, 0.25) is 0 Å². The highest BCUT2D eigenvalue weighted by atomic mass is 16.2. The van der Waals surface area contributed by atoms with E-state index in [-0.39, 0.29) is 5.91 Å². The van der Waals surface area contributed by atoms with Gasteiger partial charge < -0.3 is 15.5 Å². The third-order valence-electron chi connectivity index (χ3n) is 3.54. The third-order valence-corrected chi connectivity index (χ3v) is 3.54. The molecule has 0 atom stereocenters. The van der Waals surface area contributed by atoms with Crippen LogP contribution < -0.4 is 10.6 Å². The second-order valence-corrected chi connectivity index (χ2v) is 6.25. The first-order chi connectivity index (χ1) is 9.40. The molecule has 1 aliphatic carbocycles. The van der Waals surface area contributed by atoms with Gasteiger partial charge >= 0.3 is 0 Å². The Kier molecular flexibility index (Phi) is 4.21. The number of rotatable bonds is 5. The SMILES string of the molecule is CC(C)CN(c1ccc(C(=O)N(C)C)cc1N)C1CC1. The fraction of sp³-hybridized carbons (Fsp3) is 0.562. The zero-order chi connectivity index (χ0) is 14.9. The molecule has 1 aliphatic rings. The molecular formula is C16H25N3O. The van der Waals surface area contributed by atoms with E-state index in [2.05, 4.69) is 18.7 Å². The van der Waals surface area contributed by atoms with E-state index in [1.807, 2.05) is 12.1 Å². The molecule has 4 heteroatoms. The van der Waals surface area contributed by atoms with Crippen molar-refractivity contribution in [3.63, 3.8) is 0 Å². The van der Waals surface area contributed by atoms with Gasteiger partial charge in [0.1, 0.15) is 0 Å². The number of benzene rings is 1. The van der Waals surface area contributed by atoms with Gasteiger partial charge in [0.05, 0.1) is 11.4 Å². The average molecular weight is 275 g/mol. The summed E-state index contributed by atoms with van der Waals surface area (Å²) < 4.78 is 0. The van der Waals surface area contributed by atoms with Gasteiger partial charge in [-0.2, -0.15) is 0 Å². The summed E-state index contributed by atoms with van der Waals surface area (Å²) in [6.07, 6.45) is 2.48. The van der Waals surface area contributed by atoms with E-state index in [0.717, 1.165) is 12.2 Å². The number of carbonyl (C=O) groups excluding carboxylic acids is 1. The molecule has 1 fully saturated rings. The number of hydrogen-bond acceptors (Lipinski definition) is 3. The Balaban J connectivity index is 2.25. The molecule has 0 heterocycles. The number of carbonyl (C=O) groups is 1. The maximum atomic E-state index is 12.0. The Morgan fingerprint density at radius 3 is 2.45 bits per heavy atom. The molecule has 4 nitrogen and oxygen atoms in total. The monoisotopic (exact) mass is 275 g/mol. The molecule has 0 saturated heterocycles. The topological polar surface area (TPSA) is 49.6 Å². The lowest BCUT2D eigenvalue weighted by atomic mass is 10.1. The van der Waals surface area contributed by atoms with E-state index >= 15 is 0 Å². The first kappa shape index (κ1) is 14.7. The van der Waals surface area contributed by atoms with Gasteiger partial charge in [0.15, 0.2) is 0 Å². The van der Waals surface area contributed by atoms with Gasteiger partial charge in [-0.3, -0.25) is 4.79 Å². The number of nitrogens with zero attached hydrogens (tertiary/aromatic N) is 2. The fourth-order valence-electron chi connectivity index (χ4n) is 2.43. The number of amides is 1. The van der Waals surface area contributed by atoms with Crippen molar-refractivity contribution in [1.29, 1.82) is 0 Å². The lowest BCUT2D eigenvalue weighted by Gasteiger charge is -2.28. The summed E-state index contributed by atoms with van der Waals surface area (Å²) in [7, 11) is 3.50. The molecule has 0 unspecified atom stereocenters. The van der Waals surface area contributed by atoms with Crippen LogP contribution in [0.4, 0.5) is 11.4 Å². The van der Waals surface area contributed by atoms with Gasteiger partial charge in [-0.1, -0.05) is 13.8 Å². The molecule has 110 valence electrons. The van der Waals surface area contributed by atoms with E-state index in [1.165, 1.54) is 12.8 Å². The van der Waals surface area contributed by atoms with Gasteiger partial charge in [-0.25, -0.2) is 0 Å². The number of anilines is 2. The lowest BCUT2D eigenvalue weighted by Crippen LogP contribution is -2.30. The summed E-state index contributed by atoms with van der Waals surface area (Å²) in [4.78, 5) is 15.9. The number of hydrogen-bond donors (Lipinski definition) is 1. The first-order valence-corrected chi connectivity index (χ1v) is 7.28. The van der Waals surface area contributed by atoms with Gasteiger partial charge in [-0.15, -0.1) is 0 Å². The van der Waals surface area contributed by atoms with Crippen molar-refractivity contribution in [2.24, 2.45) is 5.92 Å². The van der Waals surface area contributed by atoms with E-state index in [1.54, 1.807) is 25.1 Å². The minimum Gasteiger partial charge on any atom is -0.397 e. The molecule has 1 saturated carbocycles. The van der Waals surface area contributed by atoms with Crippen LogP contribution in [-0.4, -0.2) is 37.5 Å². The fourth-order valence-corrected chi connectivity index (χ4v) is 2.43. The minimum atomic E-state index is -0.00918. The molecule has 0 radical (unpaired) electrons. The van der Waals surface area contributed by atoms with E-state index in [4.69, 9.17) is 5.73 Å². The van der Waals surface area contributed by atoms with Crippen LogP contribution in [-0.2, 0) is 0 Å². The largest absolute Gasteiger partial charge is 0.397 e. The first-order valence-electron chi connectivity index (χ1n) is 7.28. The van der Waals surface area contributed by atoms with Crippen molar-refractivity contribution in [1.82, 2.24) is 4.90 Å². The zero-order valence-corrected chi connectivity index (χ0v) is 12.9. The highest BCUT2D eigenvalue weighted by Gasteiger charge is 2.30. The predicted octanol–water partition coefficient (Wildman–Crippen LogP) is 2.60. The molecule has 0 aromatic heterocycles. The predicted molar refractivity (Wildman–Crippen MR) is 84.1 cm³/mol. The van der Waals surface area contributed by atoms with Crippen LogP contribution in [0.15, 0.2) is 18.2 Å². The second-order valence-electron chi connectivity index (χ2n) is 6.25. The molecule has 0 aliphatic heterocycles. The Morgan fingerprint density at radius 1 is 1.35 bits per heavy atom. The normalized spacial score (nSPS) is 14.4. The number of nitrogen functional groups attached to an aromatic ring is 1. The molecule has 1 aromatic rings. The van der Waals surface area contributed by atoms with E-state index < -0.39 is 0 Å². The summed E-state index contributed by atoms with van der Waals surface area (Å²) in [6.45, 7) is 5.45. The minimum absolute atomic E-state index is 0.00918. The van der Waals surface area contributed by atoms with Crippen LogP contribution in [0.1, 0.15) is 37.0 Å². The molecule has 1 amide bonds. The maximum Gasteiger partial charge on any atom is 0.253 e. The summed E-state index contributed by atoms with van der Waals surface area (Å²) >= 11 is 0. The highest BCUT2D eigenvalue weighted by molar-refractivity contribution is 5.95.